The summed E-state index contributed by atoms with van der Waals surface area (Å²) in [6, 6.07) is 5.12. The fourth-order valence-electron chi connectivity index (χ4n) is 2.96. The molecule has 130 valence electrons. The molecular weight excluding hydrogens is 310 g/mol. The minimum Gasteiger partial charge on any atom is -0.486 e. The van der Waals surface area contributed by atoms with Gasteiger partial charge in [0.1, 0.15) is 13.2 Å². The predicted molar refractivity (Wildman–Crippen MR) is 89.3 cm³/mol. The second-order valence-corrected chi connectivity index (χ2v) is 5.91. The molecule has 24 heavy (non-hydrogen) atoms. The molecule has 0 radical (unpaired) electrons. The van der Waals surface area contributed by atoms with E-state index in [1.165, 1.54) is 0 Å². The molecule has 2 aliphatic rings. The van der Waals surface area contributed by atoms with E-state index in [0.29, 0.717) is 36.9 Å². The molecule has 1 atom stereocenters. The predicted octanol–water partition coefficient (Wildman–Crippen LogP) is 0.997. The van der Waals surface area contributed by atoms with E-state index >= 15 is 0 Å². The van der Waals surface area contributed by atoms with Crippen LogP contribution in [0.5, 0.6) is 11.5 Å². The van der Waals surface area contributed by atoms with Crippen molar-refractivity contribution in [2.75, 3.05) is 38.2 Å². The lowest BCUT2D eigenvalue weighted by Crippen LogP contribution is -2.46. The maximum Gasteiger partial charge on any atom is 0.243 e. The average Bonchev–Trinajstić information content (AvgIpc) is 3.13. The van der Waals surface area contributed by atoms with Gasteiger partial charge in [-0.2, -0.15) is 0 Å². The third kappa shape index (κ3) is 3.79. The zero-order valence-electron chi connectivity index (χ0n) is 13.8. The Kier molecular flexibility index (Phi) is 5.20. The highest BCUT2D eigenvalue weighted by atomic mass is 16.6. The van der Waals surface area contributed by atoms with E-state index in [4.69, 9.17) is 9.47 Å². The SMILES string of the molecule is CCN(CC(=O)Nc1ccc2c(c1)OCCO2)C(=O)C1CCCN1. The van der Waals surface area contributed by atoms with Crippen LogP contribution in [0.2, 0.25) is 0 Å². The lowest BCUT2D eigenvalue weighted by molar-refractivity contribution is -0.136. The molecule has 1 saturated heterocycles. The summed E-state index contributed by atoms with van der Waals surface area (Å²) in [6.07, 6.45) is 1.83. The highest BCUT2D eigenvalue weighted by molar-refractivity contribution is 5.95. The first-order valence-corrected chi connectivity index (χ1v) is 8.39. The highest BCUT2D eigenvalue weighted by Crippen LogP contribution is 2.32. The first-order valence-electron chi connectivity index (χ1n) is 8.39. The molecule has 0 spiro atoms. The van der Waals surface area contributed by atoms with Crippen molar-refractivity contribution in [2.24, 2.45) is 0 Å². The van der Waals surface area contributed by atoms with E-state index in [-0.39, 0.29) is 24.4 Å². The Morgan fingerprint density at radius 3 is 2.79 bits per heavy atom. The number of ether oxygens (including phenoxy) is 2. The standard InChI is InChI=1S/C17H23N3O4/c1-2-20(17(22)13-4-3-7-18-13)11-16(21)19-12-5-6-14-15(10-12)24-9-8-23-14/h5-6,10,13,18H,2-4,7-9,11H2,1H3,(H,19,21). The number of carbonyl (C=O) groups excluding carboxylic acids is 2. The Balaban J connectivity index is 1.58. The molecule has 0 bridgehead atoms. The molecule has 0 aromatic heterocycles. The van der Waals surface area contributed by atoms with Gasteiger partial charge in [-0.3, -0.25) is 9.59 Å². The number of rotatable bonds is 5. The molecule has 2 aliphatic heterocycles. The number of carbonyl (C=O) groups is 2. The maximum absolute atomic E-state index is 12.4. The number of fused-ring (bicyclic) bond motifs is 1. The van der Waals surface area contributed by atoms with Crippen LogP contribution in [0.15, 0.2) is 18.2 Å². The monoisotopic (exact) mass is 333 g/mol. The number of benzene rings is 1. The van der Waals surface area contributed by atoms with Crippen LogP contribution in [-0.2, 0) is 9.59 Å². The third-order valence-corrected chi connectivity index (χ3v) is 4.21. The van der Waals surface area contributed by atoms with Crippen LogP contribution in [0.1, 0.15) is 19.8 Å². The molecule has 7 heteroatoms. The fraction of sp³-hybridized carbons (Fsp3) is 0.529. The number of amides is 2. The average molecular weight is 333 g/mol. The van der Waals surface area contributed by atoms with Crippen molar-refractivity contribution in [3.63, 3.8) is 0 Å². The summed E-state index contributed by atoms with van der Waals surface area (Å²) in [4.78, 5) is 26.3. The van der Waals surface area contributed by atoms with Crippen molar-refractivity contribution < 1.29 is 19.1 Å². The first-order chi connectivity index (χ1) is 11.7. The zero-order valence-corrected chi connectivity index (χ0v) is 13.8. The van der Waals surface area contributed by atoms with Crippen LogP contribution in [-0.4, -0.2) is 55.6 Å². The van der Waals surface area contributed by atoms with Crippen LogP contribution in [0.3, 0.4) is 0 Å². The van der Waals surface area contributed by atoms with Crippen molar-refractivity contribution >= 4 is 17.5 Å². The Labute approximate surface area is 141 Å². The maximum atomic E-state index is 12.4. The molecule has 1 fully saturated rings. The molecule has 2 heterocycles. The van der Waals surface area contributed by atoms with Gasteiger partial charge in [0.2, 0.25) is 11.8 Å². The Morgan fingerprint density at radius 2 is 2.08 bits per heavy atom. The number of nitrogens with one attached hydrogen (secondary N) is 2. The number of nitrogens with zero attached hydrogens (tertiary/aromatic N) is 1. The van der Waals surface area contributed by atoms with E-state index in [1.807, 2.05) is 6.92 Å². The summed E-state index contributed by atoms with van der Waals surface area (Å²) in [5.41, 5.74) is 0.631. The van der Waals surface area contributed by atoms with Crippen LogP contribution in [0.25, 0.3) is 0 Å². The Bertz CT molecular complexity index is 614. The van der Waals surface area contributed by atoms with E-state index < -0.39 is 0 Å². The normalized spacial score (nSPS) is 19.0. The molecule has 1 aromatic rings. The van der Waals surface area contributed by atoms with Crippen LogP contribution < -0.4 is 20.1 Å². The van der Waals surface area contributed by atoms with Gasteiger partial charge >= 0.3 is 0 Å². The van der Waals surface area contributed by atoms with Gasteiger partial charge < -0.3 is 25.0 Å². The lowest BCUT2D eigenvalue weighted by Gasteiger charge is -2.24. The number of anilines is 1. The molecular formula is C17H23N3O4. The Hall–Kier alpha value is -2.28. The number of hydrogen-bond acceptors (Lipinski definition) is 5. The number of likely N-dealkylation sites (N-methyl/N-ethyl adjacent to an activating group) is 1. The van der Waals surface area contributed by atoms with Crippen molar-refractivity contribution in [3.8, 4) is 11.5 Å². The van der Waals surface area contributed by atoms with E-state index in [2.05, 4.69) is 10.6 Å². The van der Waals surface area contributed by atoms with Gasteiger partial charge in [-0.25, -0.2) is 0 Å². The fourth-order valence-corrected chi connectivity index (χ4v) is 2.96. The third-order valence-electron chi connectivity index (χ3n) is 4.21. The second kappa shape index (κ2) is 7.53. The largest absolute Gasteiger partial charge is 0.486 e. The van der Waals surface area contributed by atoms with Crippen LogP contribution in [0.4, 0.5) is 5.69 Å². The quantitative estimate of drug-likeness (QED) is 0.840. The molecule has 0 saturated carbocycles. The summed E-state index contributed by atoms with van der Waals surface area (Å²) in [5, 5.41) is 5.99. The summed E-state index contributed by atoms with van der Waals surface area (Å²) in [6.45, 7) is 4.31. The topological polar surface area (TPSA) is 79.9 Å². The minimum absolute atomic E-state index is 0.00711. The van der Waals surface area contributed by atoms with Crippen LogP contribution >= 0.6 is 0 Å². The zero-order chi connectivity index (χ0) is 16.9. The summed E-state index contributed by atoms with van der Waals surface area (Å²) in [7, 11) is 0. The molecule has 7 nitrogen and oxygen atoms in total. The van der Waals surface area contributed by atoms with Crippen molar-refractivity contribution in [3.05, 3.63) is 18.2 Å². The van der Waals surface area contributed by atoms with Crippen molar-refractivity contribution in [1.29, 1.82) is 0 Å². The molecule has 3 rings (SSSR count). The minimum atomic E-state index is -0.222. The lowest BCUT2D eigenvalue weighted by atomic mass is 10.2. The Morgan fingerprint density at radius 1 is 1.29 bits per heavy atom. The summed E-state index contributed by atoms with van der Waals surface area (Å²) >= 11 is 0. The summed E-state index contributed by atoms with van der Waals surface area (Å²) < 4.78 is 11.0. The van der Waals surface area contributed by atoms with Crippen LogP contribution in [0, 0.1) is 0 Å². The highest BCUT2D eigenvalue weighted by Gasteiger charge is 2.27. The van der Waals surface area contributed by atoms with E-state index in [1.54, 1.807) is 23.1 Å². The van der Waals surface area contributed by atoms with Crippen molar-refractivity contribution in [2.45, 2.75) is 25.8 Å². The molecule has 2 amide bonds. The van der Waals surface area contributed by atoms with Crippen molar-refractivity contribution in [1.82, 2.24) is 10.2 Å². The van der Waals surface area contributed by atoms with Gasteiger partial charge in [-0.15, -0.1) is 0 Å². The second-order valence-electron chi connectivity index (χ2n) is 5.91. The van der Waals surface area contributed by atoms with Gasteiger partial charge in [0.25, 0.3) is 0 Å². The molecule has 0 aliphatic carbocycles. The smallest absolute Gasteiger partial charge is 0.243 e. The van der Waals surface area contributed by atoms with E-state index in [0.717, 1.165) is 19.4 Å². The first kappa shape index (κ1) is 16.6. The summed E-state index contributed by atoms with van der Waals surface area (Å²) in [5.74, 6) is 1.07. The molecule has 2 N–H and O–H groups in total. The van der Waals surface area contributed by atoms with E-state index in [9.17, 15) is 9.59 Å². The molecule has 1 unspecified atom stereocenters. The van der Waals surface area contributed by atoms with Gasteiger partial charge in [0.15, 0.2) is 11.5 Å². The van der Waals surface area contributed by atoms with Gasteiger partial charge in [0.05, 0.1) is 12.6 Å². The van der Waals surface area contributed by atoms with Gasteiger partial charge in [-0.05, 0) is 38.4 Å². The number of hydrogen-bond donors (Lipinski definition) is 2. The molecule has 1 aromatic carbocycles. The van der Waals surface area contributed by atoms with Gasteiger partial charge in [0, 0.05) is 18.3 Å². The van der Waals surface area contributed by atoms with Gasteiger partial charge in [-0.1, -0.05) is 0 Å².